The zero-order valence-corrected chi connectivity index (χ0v) is 17.9. The first-order valence-corrected chi connectivity index (χ1v) is 10.1. The van der Waals surface area contributed by atoms with Crippen molar-refractivity contribution >= 4 is 39.6 Å². The lowest BCUT2D eigenvalue weighted by Gasteiger charge is -2.05. The van der Waals surface area contributed by atoms with E-state index in [0.717, 1.165) is 5.39 Å². The molecule has 0 radical (unpaired) electrons. The van der Waals surface area contributed by atoms with Gasteiger partial charge in [0.25, 0.3) is 11.5 Å². The van der Waals surface area contributed by atoms with E-state index in [1.54, 1.807) is 31.2 Å². The van der Waals surface area contributed by atoms with Crippen LogP contribution in [0.15, 0.2) is 44.2 Å². The largest absolute Gasteiger partial charge is 0.458 e. The maximum atomic E-state index is 12.8. The van der Waals surface area contributed by atoms with Gasteiger partial charge in [-0.05, 0) is 36.4 Å². The molecule has 4 heterocycles. The quantitative estimate of drug-likeness (QED) is 0.374. The summed E-state index contributed by atoms with van der Waals surface area (Å²) in [4.78, 5) is 29.6. The summed E-state index contributed by atoms with van der Waals surface area (Å²) in [5, 5.41) is 24.0. The van der Waals surface area contributed by atoms with Crippen molar-refractivity contribution in [1.82, 2.24) is 29.8 Å². The topological polar surface area (TPSA) is 168 Å². The van der Waals surface area contributed by atoms with Crippen molar-refractivity contribution in [2.45, 2.75) is 26.1 Å². The summed E-state index contributed by atoms with van der Waals surface area (Å²) in [6.45, 7) is 1.51. The Morgan fingerprint density at radius 2 is 2.12 bits per heavy atom. The van der Waals surface area contributed by atoms with Gasteiger partial charge in [-0.2, -0.15) is 4.80 Å². The maximum absolute atomic E-state index is 12.8. The van der Waals surface area contributed by atoms with Gasteiger partial charge in [0, 0.05) is 16.0 Å². The van der Waals surface area contributed by atoms with Gasteiger partial charge in [-0.25, -0.2) is 4.98 Å². The third kappa shape index (κ3) is 3.75. The number of fused-ring (bicyclic) bond motifs is 2. The lowest BCUT2D eigenvalue weighted by atomic mass is 10.2. The van der Waals surface area contributed by atoms with Gasteiger partial charge in [0.05, 0.1) is 13.1 Å². The van der Waals surface area contributed by atoms with Crippen LogP contribution in [0.1, 0.15) is 33.8 Å². The molecule has 33 heavy (non-hydrogen) atoms. The molecule has 5 aromatic rings. The number of aryl methyl sites for hydroxylation is 1. The molecule has 0 saturated carbocycles. The van der Waals surface area contributed by atoms with Gasteiger partial charge in [-0.15, -0.1) is 10.2 Å². The van der Waals surface area contributed by atoms with Gasteiger partial charge in [0.1, 0.15) is 29.2 Å². The van der Waals surface area contributed by atoms with E-state index in [2.05, 4.69) is 20.4 Å². The molecule has 0 spiro atoms. The standard InChI is InChI=1S/C20H16ClN7O5/c1-9-16-19(33-17(9)18(22)30)23-8-27(20(16)31)7-15-24-26-28(25-15)6-12(29)14-5-10-4-11(21)2-3-13(10)32-14/h2-5,8,12,29H,6-7H2,1H3,(H2,22,30)/t12-/m0/s1. The van der Waals surface area contributed by atoms with Crippen molar-refractivity contribution in [2.75, 3.05) is 0 Å². The highest BCUT2D eigenvalue weighted by atomic mass is 35.5. The molecule has 0 fully saturated rings. The number of furan rings is 2. The van der Waals surface area contributed by atoms with E-state index in [1.807, 2.05) is 0 Å². The fraction of sp³-hybridized carbons (Fsp3) is 0.200. The third-order valence-corrected chi connectivity index (χ3v) is 5.34. The Morgan fingerprint density at radius 1 is 1.30 bits per heavy atom. The lowest BCUT2D eigenvalue weighted by molar-refractivity contribution is 0.0975. The average molecular weight is 470 g/mol. The molecule has 13 heteroatoms. The zero-order chi connectivity index (χ0) is 23.3. The van der Waals surface area contributed by atoms with Crippen molar-refractivity contribution in [2.24, 2.45) is 5.73 Å². The first-order valence-electron chi connectivity index (χ1n) is 9.72. The van der Waals surface area contributed by atoms with Gasteiger partial charge in [-0.3, -0.25) is 14.2 Å². The normalized spacial score (nSPS) is 12.6. The number of primary amides is 1. The number of aliphatic hydroxyl groups is 1. The molecule has 3 N–H and O–H groups in total. The molecular formula is C20H16ClN7O5. The number of aromatic nitrogens is 6. The number of nitrogens with zero attached hydrogens (tertiary/aromatic N) is 6. The maximum Gasteiger partial charge on any atom is 0.284 e. The van der Waals surface area contributed by atoms with E-state index in [0.29, 0.717) is 21.9 Å². The van der Waals surface area contributed by atoms with Crippen LogP contribution in [0.3, 0.4) is 0 Å². The molecule has 0 bridgehead atoms. The van der Waals surface area contributed by atoms with Crippen LogP contribution in [0.2, 0.25) is 5.02 Å². The Morgan fingerprint density at radius 3 is 2.91 bits per heavy atom. The molecule has 0 aliphatic rings. The molecule has 12 nitrogen and oxygen atoms in total. The first kappa shape index (κ1) is 20.8. The molecule has 0 unspecified atom stereocenters. The highest BCUT2D eigenvalue weighted by molar-refractivity contribution is 6.31. The molecule has 1 aromatic carbocycles. The second kappa shape index (κ2) is 7.83. The highest BCUT2D eigenvalue weighted by Gasteiger charge is 2.21. The van der Waals surface area contributed by atoms with E-state index < -0.39 is 17.6 Å². The van der Waals surface area contributed by atoms with Crippen molar-refractivity contribution in [3.05, 3.63) is 68.9 Å². The summed E-state index contributed by atoms with van der Waals surface area (Å²) in [7, 11) is 0. The number of tetrazole rings is 1. The van der Waals surface area contributed by atoms with Gasteiger partial charge >= 0.3 is 0 Å². The Balaban J connectivity index is 1.36. The minimum atomic E-state index is -1.03. The van der Waals surface area contributed by atoms with Gasteiger partial charge in [0.2, 0.25) is 5.71 Å². The molecule has 5 rings (SSSR count). The van der Waals surface area contributed by atoms with Crippen LogP contribution < -0.4 is 11.3 Å². The van der Waals surface area contributed by atoms with Gasteiger partial charge < -0.3 is 19.7 Å². The second-order valence-corrected chi connectivity index (χ2v) is 7.82. The number of carbonyl (C=O) groups excluding carboxylic acids is 1. The Hall–Kier alpha value is -4.03. The molecule has 1 amide bonds. The summed E-state index contributed by atoms with van der Waals surface area (Å²) < 4.78 is 12.2. The van der Waals surface area contributed by atoms with E-state index in [9.17, 15) is 14.7 Å². The zero-order valence-electron chi connectivity index (χ0n) is 17.1. The average Bonchev–Trinajstić information content (AvgIpc) is 3.47. The number of carbonyl (C=O) groups is 1. The Labute approximate surface area is 189 Å². The SMILES string of the molecule is Cc1c(C(N)=O)oc2ncn(Cc3nnn(C[C@H](O)c4cc5cc(Cl)ccc5o4)n3)c(=O)c12. The smallest absolute Gasteiger partial charge is 0.284 e. The summed E-state index contributed by atoms with van der Waals surface area (Å²) in [6.07, 6.45) is 0.229. The number of amides is 1. The summed E-state index contributed by atoms with van der Waals surface area (Å²) in [5.74, 6) is -0.346. The van der Waals surface area contributed by atoms with Crippen molar-refractivity contribution in [3.63, 3.8) is 0 Å². The van der Waals surface area contributed by atoms with Crippen molar-refractivity contribution in [1.29, 1.82) is 0 Å². The monoisotopic (exact) mass is 469 g/mol. The fourth-order valence-corrected chi connectivity index (χ4v) is 3.70. The van der Waals surface area contributed by atoms with Gasteiger partial charge in [-0.1, -0.05) is 11.6 Å². The Bertz CT molecular complexity index is 1580. The van der Waals surface area contributed by atoms with Crippen LogP contribution in [-0.2, 0) is 13.1 Å². The number of rotatable bonds is 6. The first-order chi connectivity index (χ1) is 15.8. The number of benzene rings is 1. The van der Waals surface area contributed by atoms with E-state index >= 15 is 0 Å². The molecule has 4 aromatic heterocycles. The van der Waals surface area contributed by atoms with E-state index in [1.165, 1.54) is 15.7 Å². The predicted octanol–water partition coefficient (Wildman–Crippen LogP) is 1.56. The van der Waals surface area contributed by atoms with E-state index in [-0.39, 0.29) is 35.8 Å². The number of halogens is 1. The summed E-state index contributed by atoms with van der Waals surface area (Å²) in [6, 6.07) is 6.84. The van der Waals surface area contributed by atoms with Crippen LogP contribution in [-0.4, -0.2) is 40.8 Å². The van der Waals surface area contributed by atoms with E-state index in [4.69, 9.17) is 26.2 Å². The molecule has 0 saturated heterocycles. The third-order valence-electron chi connectivity index (χ3n) is 5.11. The highest BCUT2D eigenvalue weighted by Crippen LogP contribution is 2.27. The second-order valence-electron chi connectivity index (χ2n) is 7.39. The lowest BCUT2D eigenvalue weighted by Crippen LogP contribution is -2.22. The van der Waals surface area contributed by atoms with Crippen LogP contribution in [0.5, 0.6) is 0 Å². The molecule has 1 atom stereocenters. The number of hydrogen-bond donors (Lipinski definition) is 2. The Kier molecular flexibility index (Phi) is 4.95. The number of hydrogen-bond acceptors (Lipinski definition) is 9. The number of nitrogens with two attached hydrogens (primary N) is 1. The van der Waals surface area contributed by atoms with Crippen LogP contribution in [0, 0.1) is 6.92 Å². The molecule has 168 valence electrons. The van der Waals surface area contributed by atoms with Crippen LogP contribution in [0.4, 0.5) is 0 Å². The fourth-order valence-electron chi connectivity index (χ4n) is 3.52. The van der Waals surface area contributed by atoms with Crippen molar-refractivity contribution < 1.29 is 18.7 Å². The predicted molar refractivity (Wildman–Crippen MR) is 115 cm³/mol. The molecule has 0 aliphatic heterocycles. The summed E-state index contributed by atoms with van der Waals surface area (Å²) in [5.41, 5.74) is 5.76. The molecule has 0 aliphatic carbocycles. The van der Waals surface area contributed by atoms with Gasteiger partial charge in [0.15, 0.2) is 11.6 Å². The van der Waals surface area contributed by atoms with Crippen molar-refractivity contribution in [3.8, 4) is 0 Å². The van der Waals surface area contributed by atoms with Crippen LogP contribution in [0.25, 0.3) is 22.1 Å². The minimum Gasteiger partial charge on any atom is -0.458 e. The summed E-state index contributed by atoms with van der Waals surface area (Å²) >= 11 is 5.98. The van der Waals surface area contributed by atoms with Crippen LogP contribution >= 0.6 is 11.6 Å². The number of aliphatic hydroxyl groups excluding tert-OH is 1. The molecular weight excluding hydrogens is 454 g/mol. The minimum absolute atomic E-state index is 0.0183.